The highest BCUT2D eigenvalue weighted by Gasteiger charge is 2.31. The van der Waals surface area contributed by atoms with Gasteiger partial charge in [-0.25, -0.2) is 4.98 Å². The molecule has 5 nitrogen and oxygen atoms in total. The maximum absolute atomic E-state index is 12.6. The zero-order chi connectivity index (χ0) is 20.3. The minimum absolute atomic E-state index is 0.0393. The molecule has 1 fully saturated rings. The van der Waals surface area contributed by atoms with E-state index in [0.717, 1.165) is 23.4 Å². The average Bonchev–Trinajstić information content (AvgIpc) is 2.67. The molecule has 1 aromatic heterocycles. The number of hydrogen-bond donors (Lipinski definition) is 0. The second-order valence-corrected chi connectivity index (χ2v) is 6.83. The number of anilines is 1. The molecule has 0 radical (unpaired) electrons. The number of halogens is 3. The Kier molecular flexibility index (Phi) is 5.76. The fourth-order valence-corrected chi connectivity index (χ4v) is 3.12. The molecule has 1 amide bonds. The van der Waals surface area contributed by atoms with Crippen LogP contribution < -0.4 is 9.64 Å². The number of alkyl halides is 3. The van der Waals surface area contributed by atoms with Crippen molar-refractivity contribution < 1.29 is 22.7 Å². The Hall–Kier alpha value is -2.77. The van der Waals surface area contributed by atoms with Crippen molar-refractivity contribution >= 4 is 11.7 Å². The molecule has 0 saturated carbocycles. The molecule has 8 heteroatoms. The summed E-state index contributed by atoms with van der Waals surface area (Å²) in [5.74, 6) is 1.05. The zero-order valence-electron chi connectivity index (χ0n) is 15.8. The maximum atomic E-state index is 12.6. The van der Waals surface area contributed by atoms with Crippen LogP contribution in [0, 0.1) is 13.8 Å². The Balaban J connectivity index is 1.51. The summed E-state index contributed by atoms with van der Waals surface area (Å²) in [6.45, 7) is 5.84. The number of pyridine rings is 1. The van der Waals surface area contributed by atoms with Crippen LogP contribution in [0.1, 0.15) is 16.7 Å². The van der Waals surface area contributed by atoms with E-state index in [1.807, 2.05) is 36.9 Å². The largest absolute Gasteiger partial charge is 0.484 e. The molecule has 0 bridgehead atoms. The van der Waals surface area contributed by atoms with E-state index in [4.69, 9.17) is 4.74 Å². The Morgan fingerprint density at radius 3 is 2.39 bits per heavy atom. The quantitative estimate of drug-likeness (QED) is 0.798. The van der Waals surface area contributed by atoms with E-state index in [9.17, 15) is 18.0 Å². The molecule has 1 saturated heterocycles. The number of rotatable bonds is 4. The summed E-state index contributed by atoms with van der Waals surface area (Å²) >= 11 is 0. The average molecular weight is 393 g/mol. The first-order chi connectivity index (χ1) is 13.2. The lowest BCUT2D eigenvalue weighted by Crippen LogP contribution is -2.50. The van der Waals surface area contributed by atoms with E-state index in [-0.39, 0.29) is 12.5 Å². The van der Waals surface area contributed by atoms with Crippen LogP contribution in [0.25, 0.3) is 0 Å². The lowest BCUT2D eigenvalue weighted by Gasteiger charge is -2.35. The van der Waals surface area contributed by atoms with Crippen LogP contribution in [0.3, 0.4) is 0 Å². The Morgan fingerprint density at radius 2 is 1.82 bits per heavy atom. The molecule has 150 valence electrons. The smallest absolute Gasteiger partial charge is 0.417 e. The summed E-state index contributed by atoms with van der Waals surface area (Å²) in [5, 5.41) is 0. The minimum atomic E-state index is -4.40. The van der Waals surface area contributed by atoms with E-state index >= 15 is 0 Å². The number of amides is 1. The topological polar surface area (TPSA) is 45.7 Å². The highest BCUT2D eigenvalue weighted by Crippen LogP contribution is 2.29. The van der Waals surface area contributed by atoms with Crippen molar-refractivity contribution in [1.29, 1.82) is 0 Å². The summed E-state index contributed by atoms with van der Waals surface area (Å²) < 4.78 is 43.5. The summed E-state index contributed by atoms with van der Waals surface area (Å²) in [6, 6.07) is 8.17. The molecule has 3 rings (SSSR count). The molecule has 2 heterocycles. The van der Waals surface area contributed by atoms with E-state index in [2.05, 4.69) is 4.98 Å². The lowest BCUT2D eigenvalue weighted by molar-refractivity contribution is -0.138. The second kappa shape index (κ2) is 8.08. The molecule has 1 aliphatic rings. The second-order valence-electron chi connectivity index (χ2n) is 6.83. The number of nitrogens with zero attached hydrogens (tertiary/aromatic N) is 3. The lowest BCUT2D eigenvalue weighted by atomic mass is 10.1. The van der Waals surface area contributed by atoms with Gasteiger partial charge in [0, 0.05) is 32.4 Å². The minimum Gasteiger partial charge on any atom is -0.484 e. The molecule has 0 spiro atoms. The number of piperazine rings is 1. The van der Waals surface area contributed by atoms with E-state index in [0.29, 0.717) is 37.7 Å². The molecule has 0 atom stereocenters. The normalized spacial score (nSPS) is 14.9. The molecular formula is C20H22F3N3O2. The van der Waals surface area contributed by atoms with E-state index in [1.165, 1.54) is 6.07 Å². The Morgan fingerprint density at radius 1 is 1.11 bits per heavy atom. The molecule has 28 heavy (non-hydrogen) atoms. The van der Waals surface area contributed by atoms with Gasteiger partial charge in [-0.3, -0.25) is 4.79 Å². The van der Waals surface area contributed by atoms with Gasteiger partial charge in [0.25, 0.3) is 5.91 Å². The molecule has 0 unspecified atom stereocenters. The number of benzene rings is 1. The Bertz CT molecular complexity index is 830. The van der Waals surface area contributed by atoms with Crippen LogP contribution in [-0.2, 0) is 11.0 Å². The number of aryl methyl sites for hydroxylation is 2. The van der Waals surface area contributed by atoms with Crippen LogP contribution in [-0.4, -0.2) is 48.6 Å². The van der Waals surface area contributed by atoms with Crippen molar-refractivity contribution in [1.82, 2.24) is 9.88 Å². The van der Waals surface area contributed by atoms with Gasteiger partial charge < -0.3 is 14.5 Å². The van der Waals surface area contributed by atoms with Gasteiger partial charge in [-0.05, 0) is 37.6 Å². The predicted octanol–water partition coefficient (Wildman–Crippen LogP) is 3.44. The zero-order valence-corrected chi connectivity index (χ0v) is 15.8. The fourth-order valence-electron chi connectivity index (χ4n) is 3.12. The number of carbonyl (C=O) groups excluding carboxylic acids is 1. The third-order valence-electron chi connectivity index (χ3n) is 4.71. The Labute approximate surface area is 161 Å². The van der Waals surface area contributed by atoms with Gasteiger partial charge in [0.1, 0.15) is 11.6 Å². The SMILES string of the molecule is Cc1ccc(OCC(=O)N2CCN(c3ccc(C(F)(F)F)cn3)CC2)c(C)c1. The van der Waals surface area contributed by atoms with E-state index in [1.54, 1.807) is 4.90 Å². The number of carbonyl (C=O) groups is 1. The van der Waals surface area contributed by atoms with Gasteiger partial charge in [-0.15, -0.1) is 0 Å². The maximum Gasteiger partial charge on any atom is 0.417 e. The van der Waals surface area contributed by atoms with Crippen molar-refractivity contribution in [3.8, 4) is 5.75 Å². The van der Waals surface area contributed by atoms with E-state index < -0.39 is 11.7 Å². The van der Waals surface area contributed by atoms with Crippen LogP contribution in [0.15, 0.2) is 36.5 Å². The van der Waals surface area contributed by atoms with Crippen molar-refractivity contribution in [2.75, 3.05) is 37.7 Å². The first-order valence-corrected chi connectivity index (χ1v) is 9.00. The molecule has 0 N–H and O–H groups in total. The van der Waals surface area contributed by atoms with Crippen molar-refractivity contribution in [2.24, 2.45) is 0 Å². The molecule has 1 aliphatic heterocycles. The highest BCUT2D eigenvalue weighted by atomic mass is 19.4. The van der Waals surface area contributed by atoms with Gasteiger partial charge in [0.15, 0.2) is 6.61 Å². The van der Waals surface area contributed by atoms with Gasteiger partial charge >= 0.3 is 6.18 Å². The number of ether oxygens (including phenoxy) is 1. The summed E-state index contributed by atoms with van der Waals surface area (Å²) in [5.41, 5.74) is 1.34. The van der Waals surface area contributed by atoms with Crippen LogP contribution in [0.5, 0.6) is 5.75 Å². The summed E-state index contributed by atoms with van der Waals surface area (Å²) in [6.07, 6.45) is -3.56. The molecular weight excluding hydrogens is 371 g/mol. The molecule has 2 aromatic rings. The van der Waals surface area contributed by atoms with Gasteiger partial charge in [0.2, 0.25) is 0 Å². The van der Waals surface area contributed by atoms with Crippen LogP contribution in [0.4, 0.5) is 19.0 Å². The van der Waals surface area contributed by atoms with Gasteiger partial charge in [0.05, 0.1) is 5.56 Å². The fraction of sp³-hybridized carbons (Fsp3) is 0.400. The monoisotopic (exact) mass is 393 g/mol. The standard InChI is InChI=1S/C20H22F3N3O2/c1-14-3-5-17(15(2)11-14)28-13-19(27)26-9-7-25(8-10-26)18-6-4-16(12-24-18)20(21,22)23/h3-6,11-12H,7-10,13H2,1-2H3. The van der Waals surface area contributed by atoms with Crippen LogP contribution in [0.2, 0.25) is 0 Å². The third kappa shape index (κ3) is 4.74. The van der Waals surface area contributed by atoms with Gasteiger partial charge in [-0.2, -0.15) is 13.2 Å². The van der Waals surface area contributed by atoms with Crippen molar-refractivity contribution in [3.05, 3.63) is 53.2 Å². The number of aromatic nitrogens is 1. The summed E-state index contributed by atoms with van der Waals surface area (Å²) in [7, 11) is 0. The number of hydrogen-bond acceptors (Lipinski definition) is 4. The van der Waals surface area contributed by atoms with Gasteiger partial charge in [-0.1, -0.05) is 17.7 Å². The third-order valence-corrected chi connectivity index (χ3v) is 4.71. The highest BCUT2D eigenvalue weighted by molar-refractivity contribution is 5.78. The van der Waals surface area contributed by atoms with Crippen molar-refractivity contribution in [3.63, 3.8) is 0 Å². The van der Waals surface area contributed by atoms with Crippen molar-refractivity contribution in [2.45, 2.75) is 20.0 Å². The summed E-state index contributed by atoms with van der Waals surface area (Å²) in [4.78, 5) is 19.9. The van der Waals surface area contributed by atoms with Crippen LogP contribution >= 0.6 is 0 Å². The molecule has 1 aromatic carbocycles. The predicted molar refractivity (Wildman–Crippen MR) is 99.4 cm³/mol. The molecule has 0 aliphatic carbocycles. The first-order valence-electron chi connectivity index (χ1n) is 9.00. The first kappa shape index (κ1) is 20.0.